The first-order valence-electron chi connectivity index (χ1n) is 15.5. The second-order valence-corrected chi connectivity index (χ2v) is 11.7. The molecule has 0 atom stereocenters. The molecule has 0 saturated carbocycles. The zero-order chi connectivity index (χ0) is 30.5. The Hall–Kier alpha value is -6.19. The summed E-state index contributed by atoms with van der Waals surface area (Å²) < 4.78 is 0. The second kappa shape index (κ2) is 10.8. The van der Waals surface area contributed by atoms with Crippen molar-refractivity contribution in [1.82, 2.24) is 15.0 Å². The Morgan fingerprint density at radius 3 is 1.89 bits per heavy atom. The number of fused-ring (bicyclic) bond motifs is 5. The van der Waals surface area contributed by atoms with Gasteiger partial charge >= 0.3 is 0 Å². The number of rotatable bonds is 4. The zero-order valence-corrected chi connectivity index (χ0v) is 24.9. The topological polar surface area (TPSA) is 38.7 Å². The molecule has 3 heteroatoms. The van der Waals surface area contributed by atoms with Crippen molar-refractivity contribution in [3.8, 4) is 44.8 Å². The van der Waals surface area contributed by atoms with Crippen molar-refractivity contribution in [2.45, 2.75) is 0 Å². The lowest BCUT2D eigenvalue weighted by molar-refractivity contribution is 1.29. The fourth-order valence-corrected chi connectivity index (χ4v) is 6.67. The molecule has 46 heavy (non-hydrogen) atoms. The zero-order valence-electron chi connectivity index (χ0n) is 24.9. The van der Waals surface area contributed by atoms with Gasteiger partial charge in [0.05, 0.1) is 16.9 Å². The van der Waals surface area contributed by atoms with Crippen LogP contribution in [0.3, 0.4) is 0 Å². The lowest BCUT2D eigenvalue weighted by Gasteiger charge is -2.15. The molecule has 0 radical (unpaired) electrons. The molecule has 3 aromatic heterocycles. The first kappa shape index (κ1) is 26.2. The molecule has 0 aliphatic heterocycles. The van der Waals surface area contributed by atoms with Crippen molar-refractivity contribution < 1.29 is 0 Å². The van der Waals surface area contributed by atoms with E-state index in [2.05, 4.69) is 138 Å². The van der Waals surface area contributed by atoms with E-state index in [1.54, 1.807) is 12.4 Å². The lowest BCUT2D eigenvalue weighted by Crippen LogP contribution is -1.93. The van der Waals surface area contributed by atoms with Crippen LogP contribution >= 0.6 is 0 Å². The molecule has 0 aliphatic rings. The van der Waals surface area contributed by atoms with Crippen molar-refractivity contribution >= 4 is 43.2 Å². The first-order valence-corrected chi connectivity index (χ1v) is 15.5. The predicted molar refractivity (Wildman–Crippen MR) is 192 cm³/mol. The molecular formula is C43H27N3. The highest BCUT2D eigenvalue weighted by Crippen LogP contribution is 2.39. The molecular weight excluding hydrogens is 558 g/mol. The van der Waals surface area contributed by atoms with Gasteiger partial charge in [-0.25, -0.2) is 4.98 Å². The summed E-state index contributed by atoms with van der Waals surface area (Å²) in [7, 11) is 0. The smallest absolute Gasteiger partial charge is 0.0716 e. The Balaban J connectivity index is 1.27. The molecule has 9 aromatic rings. The van der Waals surface area contributed by atoms with Gasteiger partial charge in [-0.15, -0.1) is 0 Å². The summed E-state index contributed by atoms with van der Waals surface area (Å²) in [5.74, 6) is 0. The van der Waals surface area contributed by atoms with E-state index in [1.165, 1.54) is 37.9 Å². The van der Waals surface area contributed by atoms with Crippen molar-refractivity contribution in [3.63, 3.8) is 0 Å². The highest BCUT2D eigenvalue weighted by Gasteiger charge is 2.15. The van der Waals surface area contributed by atoms with E-state index in [1.807, 2.05) is 18.3 Å². The van der Waals surface area contributed by atoms with E-state index in [9.17, 15) is 0 Å². The summed E-state index contributed by atoms with van der Waals surface area (Å²) in [5.41, 5.74) is 9.48. The number of nitrogens with zero attached hydrogens (tertiary/aromatic N) is 3. The van der Waals surface area contributed by atoms with Crippen LogP contribution in [-0.4, -0.2) is 15.0 Å². The van der Waals surface area contributed by atoms with Gasteiger partial charge in [-0.3, -0.25) is 9.97 Å². The fourth-order valence-electron chi connectivity index (χ4n) is 6.67. The summed E-state index contributed by atoms with van der Waals surface area (Å²) in [6.07, 6.45) is 5.58. The molecule has 0 spiro atoms. The lowest BCUT2D eigenvalue weighted by atomic mass is 9.91. The van der Waals surface area contributed by atoms with Gasteiger partial charge in [-0.2, -0.15) is 0 Å². The average molecular weight is 586 g/mol. The van der Waals surface area contributed by atoms with Crippen molar-refractivity contribution in [2.24, 2.45) is 0 Å². The molecule has 0 aliphatic carbocycles. The maximum atomic E-state index is 5.22. The summed E-state index contributed by atoms with van der Waals surface area (Å²) in [6, 6.07) is 51.8. The van der Waals surface area contributed by atoms with Gasteiger partial charge in [0.15, 0.2) is 0 Å². The molecule has 0 N–H and O–H groups in total. The number of pyridine rings is 3. The van der Waals surface area contributed by atoms with Crippen LogP contribution < -0.4 is 0 Å². The highest BCUT2D eigenvalue weighted by atomic mass is 14.7. The largest absolute Gasteiger partial charge is 0.265 e. The van der Waals surface area contributed by atoms with Gasteiger partial charge < -0.3 is 0 Å². The second-order valence-electron chi connectivity index (χ2n) is 11.7. The van der Waals surface area contributed by atoms with Gasteiger partial charge in [0.25, 0.3) is 0 Å². The Kier molecular flexibility index (Phi) is 6.14. The minimum atomic E-state index is 0.919. The quantitative estimate of drug-likeness (QED) is 0.193. The Morgan fingerprint density at radius 2 is 1.07 bits per heavy atom. The summed E-state index contributed by atoms with van der Waals surface area (Å²) in [5, 5.41) is 8.52. The van der Waals surface area contributed by atoms with E-state index >= 15 is 0 Å². The van der Waals surface area contributed by atoms with Crippen molar-refractivity contribution in [2.75, 3.05) is 0 Å². The van der Waals surface area contributed by atoms with Gasteiger partial charge in [0.2, 0.25) is 0 Å². The molecule has 0 saturated heterocycles. The maximum Gasteiger partial charge on any atom is 0.0716 e. The molecule has 0 amide bonds. The minimum Gasteiger partial charge on any atom is -0.265 e. The molecule has 0 bridgehead atoms. The van der Waals surface area contributed by atoms with Gasteiger partial charge in [-0.1, -0.05) is 97.1 Å². The third kappa shape index (κ3) is 4.49. The Bertz CT molecular complexity index is 2570. The summed E-state index contributed by atoms with van der Waals surface area (Å²) in [6.45, 7) is 0. The van der Waals surface area contributed by atoms with E-state index in [0.29, 0.717) is 0 Å². The van der Waals surface area contributed by atoms with Gasteiger partial charge in [-0.05, 0) is 97.5 Å². The van der Waals surface area contributed by atoms with Crippen LogP contribution in [0.5, 0.6) is 0 Å². The molecule has 0 fully saturated rings. The number of hydrogen-bond acceptors (Lipinski definition) is 3. The summed E-state index contributed by atoms with van der Waals surface area (Å²) >= 11 is 0. The van der Waals surface area contributed by atoms with Crippen LogP contribution in [0.2, 0.25) is 0 Å². The molecule has 0 unspecified atom stereocenters. The third-order valence-corrected chi connectivity index (χ3v) is 8.98. The van der Waals surface area contributed by atoms with Crippen molar-refractivity contribution in [3.05, 3.63) is 164 Å². The van der Waals surface area contributed by atoms with E-state index in [0.717, 1.165) is 50.1 Å². The Morgan fingerprint density at radius 1 is 0.370 bits per heavy atom. The number of hydrogen-bond donors (Lipinski definition) is 0. The highest BCUT2D eigenvalue weighted by molar-refractivity contribution is 6.14. The predicted octanol–water partition coefficient (Wildman–Crippen LogP) is 11.2. The fraction of sp³-hybridized carbons (Fsp3) is 0. The van der Waals surface area contributed by atoms with Crippen LogP contribution in [0, 0.1) is 0 Å². The van der Waals surface area contributed by atoms with Crippen LogP contribution in [0.4, 0.5) is 0 Å². The molecule has 9 rings (SSSR count). The summed E-state index contributed by atoms with van der Waals surface area (Å²) in [4.78, 5) is 14.3. The van der Waals surface area contributed by atoms with E-state index < -0.39 is 0 Å². The van der Waals surface area contributed by atoms with Crippen molar-refractivity contribution in [1.29, 1.82) is 0 Å². The van der Waals surface area contributed by atoms with Crippen LogP contribution in [-0.2, 0) is 0 Å². The van der Waals surface area contributed by atoms with E-state index in [-0.39, 0.29) is 0 Å². The average Bonchev–Trinajstić information content (AvgIpc) is 3.14. The van der Waals surface area contributed by atoms with E-state index in [4.69, 9.17) is 9.97 Å². The van der Waals surface area contributed by atoms with Gasteiger partial charge in [0, 0.05) is 40.7 Å². The molecule has 214 valence electrons. The number of aromatic nitrogens is 3. The molecule has 3 heterocycles. The van der Waals surface area contributed by atoms with Gasteiger partial charge in [0.1, 0.15) is 0 Å². The maximum absolute atomic E-state index is 5.22. The Labute approximate surface area is 266 Å². The standard InChI is InChI=1S/C43H27N3/c1-2-8-30-23-33(14-13-28(30)7-1)43-26-39(34-16-17-41(45-27-34)29-19-21-44-22-20-29)40-25-32(15-18-42(40)46-43)38-24-31-9-3-4-10-35(31)36-11-5-6-12-37(36)38/h1-27H. The van der Waals surface area contributed by atoms with Crippen LogP contribution in [0.1, 0.15) is 0 Å². The normalized spacial score (nSPS) is 11.5. The monoisotopic (exact) mass is 585 g/mol. The first-order chi connectivity index (χ1) is 22.8. The van der Waals surface area contributed by atoms with Crippen LogP contribution in [0.25, 0.3) is 88.0 Å². The van der Waals surface area contributed by atoms with Crippen LogP contribution in [0.15, 0.2) is 164 Å². The third-order valence-electron chi connectivity index (χ3n) is 8.98. The molecule has 6 aromatic carbocycles. The SMILES string of the molecule is c1ccc2cc(-c3cc(-c4ccc(-c5ccncc5)nc4)c4cc(-c5cc6ccccc6c6ccccc56)ccc4n3)ccc2c1. The minimum absolute atomic E-state index is 0.919. The molecule has 3 nitrogen and oxygen atoms in total. The number of benzene rings is 6.